The summed E-state index contributed by atoms with van der Waals surface area (Å²) in [5.41, 5.74) is -1.78. The Hall–Kier alpha value is -3.32. The average molecular weight is 554 g/mol. The summed E-state index contributed by atoms with van der Waals surface area (Å²) in [6.07, 6.45) is -5.55. The van der Waals surface area contributed by atoms with E-state index < -0.39 is 23.5 Å². The highest BCUT2D eigenvalue weighted by atomic mass is 32.2. The van der Waals surface area contributed by atoms with E-state index in [2.05, 4.69) is 20.3 Å². The van der Waals surface area contributed by atoms with Crippen LogP contribution in [-0.4, -0.2) is 51.9 Å². The fraction of sp³-hybridized carbons (Fsp3) is 0.320. The summed E-state index contributed by atoms with van der Waals surface area (Å²) in [7, 11) is 0. The fourth-order valence-corrected chi connectivity index (χ4v) is 5.21. The summed E-state index contributed by atoms with van der Waals surface area (Å²) in [6.45, 7) is 2.81. The third kappa shape index (κ3) is 5.73. The van der Waals surface area contributed by atoms with Gasteiger partial charge >= 0.3 is 17.6 Å². The lowest BCUT2D eigenvalue weighted by atomic mass is 10.0. The van der Waals surface area contributed by atoms with E-state index in [1.165, 1.54) is 10.9 Å². The number of carbonyl (C=O) groups is 1. The maximum atomic E-state index is 13.5. The molecular formula is C25H21F6N5OS. The third-order valence-corrected chi connectivity index (χ3v) is 6.99. The first-order valence-electron chi connectivity index (χ1n) is 11.7. The fourth-order valence-electron chi connectivity index (χ4n) is 4.43. The number of aliphatic imine (C=N–C) groups is 1. The Morgan fingerprint density at radius 2 is 1.82 bits per heavy atom. The number of nitrogens with one attached hydrogen (secondary N) is 1. The zero-order valence-corrected chi connectivity index (χ0v) is 20.6. The molecule has 38 heavy (non-hydrogen) atoms. The normalized spacial score (nSPS) is 18.4. The predicted molar refractivity (Wildman–Crippen MR) is 133 cm³/mol. The van der Waals surface area contributed by atoms with Crippen LogP contribution in [0.5, 0.6) is 0 Å². The van der Waals surface area contributed by atoms with Gasteiger partial charge in [0.25, 0.3) is 0 Å². The molecule has 3 heterocycles. The highest BCUT2D eigenvalue weighted by Gasteiger charge is 2.38. The summed E-state index contributed by atoms with van der Waals surface area (Å²) in [5.74, 6) is 0.626. The van der Waals surface area contributed by atoms with Gasteiger partial charge in [-0.25, -0.2) is 0 Å². The molecule has 1 aromatic heterocycles. The lowest BCUT2D eigenvalue weighted by molar-refractivity contribution is -0.143. The Morgan fingerprint density at radius 3 is 2.58 bits per heavy atom. The van der Waals surface area contributed by atoms with Gasteiger partial charge in [-0.1, -0.05) is 12.1 Å². The van der Waals surface area contributed by atoms with Crippen molar-refractivity contribution in [2.45, 2.75) is 25.3 Å². The molecule has 0 radical (unpaired) electrons. The van der Waals surface area contributed by atoms with Crippen LogP contribution in [0.2, 0.25) is 0 Å². The number of alkyl halides is 6. The molecule has 1 fully saturated rings. The number of amidine groups is 1. The van der Waals surface area contributed by atoms with Gasteiger partial charge in [-0.2, -0.15) is 36.4 Å². The minimum absolute atomic E-state index is 0.128. The smallest absolute Gasteiger partial charge is 0.354 e. The molecule has 1 saturated heterocycles. The highest BCUT2D eigenvalue weighted by molar-refractivity contribution is 8.18. The van der Waals surface area contributed by atoms with E-state index in [1.807, 2.05) is 6.08 Å². The summed E-state index contributed by atoms with van der Waals surface area (Å²) >= 11 is 1.04. The Morgan fingerprint density at radius 1 is 1.00 bits per heavy atom. The molecule has 0 aliphatic carbocycles. The molecule has 2 aliphatic heterocycles. The van der Waals surface area contributed by atoms with Crippen LogP contribution in [0.15, 0.2) is 52.5 Å². The van der Waals surface area contributed by atoms with Crippen LogP contribution in [0.1, 0.15) is 28.7 Å². The standard InChI is InChI=1S/C25H21F6N5OS/c26-24(27,28)18-4-3-16(19(12-18)25(29,30)31)13-36-14-17-10-15(2-5-20(17)34-36)11-21-22(33-23(37)38-21)35-8-1-6-32-7-9-35/h2-5,10-12,14,32H,1,6-9,13H2/b21-11-. The van der Waals surface area contributed by atoms with E-state index in [-0.39, 0.29) is 23.4 Å². The van der Waals surface area contributed by atoms with E-state index in [0.717, 1.165) is 56.0 Å². The van der Waals surface area contributed by atoms with Crippen molar-refractivity contribution in [1.82, 2.24) is 20.0 Å². The van der Waals surface area contributed by atoms with Crippen LogP contribution in [-0.2, 0) is 18.9 Å². The first kappa shape index (κ1) is 26.3. The number of halogens is 6. The molecule has 6 nitrogen and oxygen atoms in total. The predicted octanol–water partition coefficient (Wildman–Crippen LogP) is 6.02. The summed E-state index contributed by atoms with van der Waals surface area (Å²) in [5, 5.41) is 7.94. The number of rotatable bonds is 3. The van der Waals surface area contributed by atoms with Crippen LogP contribution in [0.25, 0.3) is 17.0 Å². The number of hydrogen-bond acceptors (Lipinski definition) is 5. The molecule has 1 N–H and O–H groups in total. The van der Waals surface area contributed by atoms with Crippen LogP contribution >= 0.6 is 11.8 Å². The van der Waals surface area contributed by atoms with E-state index in [4.69, 9.17) is 0 Å². The van der Waals surface area contributed by atoms with Crippen molar-refractivity contribution in [3.8, 4) is 0 Å². The number of hydrogen-bond donors (Lipinski definition) is 1. The zero-order valence-electron chi connectivity index (χ0n) is 19.7. The number of aromatic nitrogens is 2. The Bertz CT molecular complexity index is 1430. The van der Waals surface area contributed by atoms with Gasteiger partial charge in [0.15, 0.2) is 0 Å². The molecule has 3 aromatic rings. The average Bonchev–Trinajstić information content (AvgIpc) is 3.28. The van der Waals surface area contributed by atoms with Crippen molar-refractivity contribution in [2.75, 3.05) is 26.2 Å². The first-order chi connectivity index (χ1) is 18.0. The van der Waals surface area contributed by atoms with E-state index >= 15 is 0 Å². The largest absolute Gasteiger partial charge is 0.416 e. The quantitative estimate of drug-likeness (QED) is 0.402. The lowest BCUT2D eigenvalue weighted by Gasteiger charge is -2.22. The van der Waals surface area contributed by atoms with Crippen LogP contribution in [0.3, 0.4) is 0 Å². The Balaban J connectivity index is 1.42. The third-order valence-electron chi connectivity index (χ3n) is 6.20. The summed E-state index contributed by atoms with van der Waals surface area (Å²) < 4.78 is 80.8. The molecule has 0 spiro atoms. The van der Waals surface area contributed by atoms with Gasteiger partial charge in [0, 0.05) is 31.2 Å². The molecule has 1 amide bonds. The topological polar surface area (TPSA) is 62.5 Å². The number of fused-ring (bicyclic) bond motifs is 1. The number of thioether (sulfide) groups is 1. The maximum Gasteiger partial charge on any atom is 0.416 e. The molecule has 2 aromatic carbocycles. The minimum atomic E-state index is -4.96. The van der Waals surface area contributed by atoms with Gasteiger partial charge in [-0.3, -0.25) is 9.48 Å². The van der Waals surface area contributed by atoms with Gasteiger partial charge < -0.3 is 10.2 Å². The van der Waals surface area contributed by atoms with E-state index in [0.29, 0.717) is 27.7 Å². The molecular weight excluding hydrogens is 532 g/mol. The van der Waals surface area contributed by atoms with Crippen LogP contribution in [0, 0.1) is 0 Å². The van der Waals surface area contributed by atoms with Gasteiger partial charge in [-0.15, -0.1) is 0 Å². The SMILES string of the molecule is O=C1N=C(N2CCCNCC2)/C(=C/c2ccc3nn(Cc4ccc(C(F)(F)F)cc4C(F)(F)F)cc3c2)S1. The van der Waals surface area contributed by atoms with Crippen molar-refractivity contribution in [1.29, 1.82) is 0 Å². The van der Waals surface area contributed by atoms with Crippen molar-refractivity contribution in [3.05, 3.63) is 69.8 Å². The van der Waals surface area contributed by atoms with Crippen molar-refractivity contribution < 1.29 is 31.1 Å². The van der Waals surface area contributed by atoms with Gasteiger partial charge in [-0.05, 0) is 66.2 Å². The van der Waals surface area contributed by atoms with Gasteiger partial charge in [0.1, 0.15) is 5.84 Å². The van der Waals surface area contributed by atoms with Crippen molar-refractivity contribution in [3.63, 3.8) is 0 Å². The molecule has 0 unspecified atom stereocenters. The monoisotopic (exact) mass is 553 g/mol. The number of nitrogens with zero attached hydrogens (tertiary/aromatic N) is 4. The number of amides is 1. The molecule has 0 saturated carbocycles. The van der Waals surface area contributed by atoms with E-state index in [1.54, 1.807) is 18.2 Å². The number of benzene rings is 2. The first-order valence-corrected chi connectivity index (χ1v) is 12.5. The second-order valence-corrected chi connectivity index (χ2v) is 9.91. The van der Waals surface area contributed by atoms with Crippen LogP contribution in [0.4, 0.5) is 31.1 Å². The Kier molecular flexibility index (Phi) is 6.99. The molecule has 5 rings (SSSR count). The second kappa shape index (κ2) is 10.1. The number of carbonyl (C=O) groups excluding carboxylic acids is 1. The summed E-state index contributed by atoms with van der Waals surface area (Å²) in [4.78, 5) is 19.1. The molecule has 2 aliphatic rings. The minimum Gasteiger partial charge on any atom is -0.354 e. The van der Waals surface area contributed by atoms with E-state index in [9.17, 15) is 31.1 Å². The molecule has 0 bridgehead atoms. The zero-order chi connectivity index (χ0) is 27.1. The summed E-state index contributed by atoms with van der Waals surface area (Å²) in [6, 6.07) is 6.86. The van der Waals surface area contributed by atoms with Crippen molar-refractivity contribution >= 4 is 39.8 Å². The Labute approximate surface area is 217 Å². The van der Waals surface area contributed by atoms with Crippen molar-refractivity contribution in [2.24, 2.45) is 4.99 Å². The highest BCUT2D eigenvalue weighted by Crippen LogP contribution is 2.38. The molecule has 200 valence electrons. The van der Waals surface area contributed by atoms with Crippen LogP contribution < -0.4 is 5.32 Å². The molecule has 0 atom stereocenters. The second-order valence-electron chi connectivity index (χ2n) is 8.91. The maximum absolute atomic E-state index is 13.5. The van der Waals surface area contributed by atoms with Gasteiger partial charge in [0.05, 0.1) is 28.1 Å². The molecule has 13 heteroatoms. The lowest BCUT2D eigenvalue weighted by Crippen LogP contribution is -2.33. The van der Waals surface area contributed by atoms with Gasteiger partial charge in [0.2, 0.25) is 0 Å².